The van der Waals surface area contributed by atoms with Gasteiger partial charge in [0.05, 0.1) is 12.7 Å². The minimum absolute atomic E-state index is 0.138. The summed E-state index contributed by atoms with van der Waals surface area (Å²) in [5.41, 5.74) is 0.482. The lowest BCUT2D eigenvalue weighted by Crippen LogP contribution is -2.32. The topological polar surface area (TPSA) is 38.3 Å². The van der Waals surface area contributed by atoms with E-state index in [1.54, 1.807) is 25.3 Å². The van der Waals surface area contributed by atoms with Crippen molar-refractivity contribution in [3.63, 3.8) is 0 Å². The first-order valence-corrected chi connectivity index (χ1v) is 7.46. The molecule has 1 atom stereocenters. The molecule has 0 saturated heterocycles. The van der Waals surface area contributed by atoms with Gasteiger partial charge in [0.2, 0.25) is 0 Å². The van der Waals surface area contributed by atoms with E-state index in [4.69, 9.17) is 16.3 Å². The molecule has 1 N–H and O–H groups in total. The summed E-state index contributed by atoms with van der Waals surface area (Å²) in [4.78, 5) is 12.2. The zero-order valence-electron chi connectivity index (χ0n) is 12.7. The molecule has 0 fully saturated rings. The second-order valence-electron chi connectivity index (χ2n) is 5.54. The zero-order valence-corrected chi connectivity index (χ0v) is 13.5. The van der Waals surface area contributed by atoms with Gasteiger partial charge in [-0.3, -0.25) is 4.79 Å². The standard InChI is InChI=1S/C16H24ClNO2/c1-11(2)6-5-7-12(3)18-16(19)14-10-13(17)8-9-15(14)20-4/h8-12H,5-7H2,1-4H3,(H,18,19)/t12-/m0/s1. The van der Waals surface area contributed by atoms with Crippen molar-refractivity contribution in [1.29, 1.82) is 0 Å². The largest absolute Gasteiger partial charge is 0.496 e. The lowest BCUT2D eigenvalue weighted by molar-refractivity contribution is 0.0934. The summed E-state index contributed by atoms with van der Waals surface area (Å²) in [6.45, 7) is 6.44. The molecule has 112 valence electrons. The maximum Gasteiger partial charge on any atom is 0.255 e. The van der Waals surface area contributed by atoms with Crippen molar-refractivity contribution in [2.45, 2.75) is 46.1 Å². The van der Waals surface area contributed by atoms with Crippen molar-refractivity contribution in [3.05, 3.63) is 28.8 Å². The molecule has 0 spiro atoms. The molecule has 1 rings (SSSR count). The number of amides is 1. The minimum Gasteiger partial charge on any atom is -0.496 e. The van der Waals surface area contributed by atoms with E-state index in [1.165, 1.54) is 6.42 Å². The van der Waals surface area contributed by atoms with Crippen LogP contribution in [0.15, 0.2) is 18.2 Å². The smallest absolute Gasteiger partial charge is 0.255 e. The fraction of sp³-hybridized carbons (Fsp3) is 0.562. The Labute approximate surface area is 126 Å². The predicted octanol–water partition coefficient (Wildman–Crippen LogP) is 4.29. The first-order chi connectivity index (χ1) is 9.43. The lowest BCUT2D eigenvalue weighted by atomic mass is 10.0. The molecule has 0 aromatic heterocycles. The van der Waals surface area contributed by atoms with Gasteiger partial charge in [-0.25, -0.2) is 0 Å². The second kappa shape index (κ2) is 8.15. The molecular formula is C16H24ClNO2. The van der Waals surface area contributed by atoms with Crippen molar-refractivity contribution < 1.29 is 9.53 Å². The molecule has 1 aromatic carbocycles. The highest BCUT2D eigenvalue weighted by molar-refractivity contribution is 6.31. The van der Waals surface area contributed by atoms with Gasteiger partial charge in [-0.2, -0.15) is 0 Å². The quantitative estimate of drug-likeness (QED) is 0.815. The Kier molecular flexibility index (Phi) is 6.86. The summed E-state index contributed by atoms with van der Waals surface area (Å²) < 4.78 is 5.20. The van der Waals surface area contributed by atoms with Gasteiger partial charge >= 0.3 is 0 Å². The molecule has 1 amide bonds. The zero-order chi connectivity index (χ0) is 15.1. The first-order valence-electron chi connectivity index (χ1n) is 7.08. The van der Waals surface area contributed by atoms with Gasteiger partial charge in [0, 0.05) is 11.1 Å². The van der Waals surface area contributed by atoms with Crippen molar-refractivity contribution in [1.82, 2.24) is 5.32 Å². The van der Waals surface area contributed by atoms with E-state index < -0.39 is 0 Å². The number of halogens is 1. The molecule has 4 heteroatoms. The molecule has 0 bridgehead atoms. The third kappa shape index (κ3) is 5.41. The van der Waals surface area contributed by atoms with Crippen LogP contribution in [0.25, 0.3) is 0 Å². The number of hydrogen-bond acceptors (Lipinski definition) is 2. The summed E-state index contributed by atoms with van der Waals surface area (Å²) in [5, 5.41) is 3.53. The molecule has 0 aliphatic carbocycles. The van der Waals surface area contributed by atoms with Crippen LogP contribution in [0.3, 0.4) is 0 Å². The van der Waals surface area contributed by atoms with Crippen LogP contribution >= 0.6 is 11.6 Å². The minimum atomic E-state index is -0.138. The first kappa shape index (κ1) is 16.8. The van der Waals surface area contributed by atoms with E-state index in [9.17, 15) is 4.79 Å². The molecule has 20 heavy (non-hydrogen) atoms. The number of carbonyl (C=O) groups is 1. The monoisotopic (exact) mass is 297 g/mol. The van der Waals surface area contributed by atoms with Gasteiger partial charge in [-0.15, -0.1) is 0 Å². The second-order valence-corrected chi connectivity index (χ2v) is 5.98. The number of methoxy groups -OCH3 is 1. The average Bonchev–Trinajstić information content (AvgIpc) is 2.38. The summed E-state index contributed by atoms with van der Waals surface area (Å²) >= 11 is 5.94. The summed E-state index contributed by atoms with van der Waals surface area (Å²) in [5.74, 6) is 1.11. The summed E-state index contributed by atoms with van der Waals surface area (Å²) in [6, 6.07) is 5.20. The molecule has 0 heterocycles. The van der Waals surface area contributed by atoms with Crippen LogP contribution in [0, 0.1) is 5.92 Å². The summed E-state index contributed by atoms with van der Waals surface area (Å²) in [6.07, 6.45) is 3.28. The number of rotatable bonds is 7. The molecule has 0 radical (unpaired) electrons. The molecule has 0 unspecified atom stereocenters. The van der Waals surface area contributed by atoms with E-state index in [2.05, 4.69) is 19.2 Å². The third-order valence-electron chi connectivity index (χ3n) is 3.20. The highest BCUT2D eigenvalue weighted by Crippen LogP contribution is 2.22. The van der Waals surface area contributed by atoms with Crippen LogP contribution in [0.4, 0.5) is 0 Å². The van der Waals surface area contributed by atoms with Crippen LogP contribution in [0.5, 0.6) is 5.75 Å². The Morgan fingerprint density at radius 3 is 2.60 bits per heavy atom. The number of carbonyl (C=O) groups excluding carboxylic acids is 1. The fourth-order valence-electron chi connectivity index (χ4n) is 2.06. The lowest BCUT2D eigenvalue weighted by Gasteiger charge is -2.16. The van der Waals surface area contributed by atoms with Crippen LogP contribution in [-0.2, 0) is 0 Å². The Bertz CT molecular complexity index is 446. The van der Waals surface area contributed by atoms with E-state index in [1.807, 2.05) is 6.92 Å². The molecule has 0 saturated carbocycles. The molecule has 0 aliphatic rings. The van der Waals surface area contributed by atoms with E-state index in [0.29, 0.717) is 22.3 Å². The normalized spacial score (nSPS) is 12.3. The van der Waals surface area contributed by atoms with Crippen molar-refractivity contribution in [2.75, 3.05) is 7.11 Å². The maximum atomic E-state index is 12.2. The van der Waals surface area contributed by atoms with Gasteiger partial charge < -0.3 is 10.1 Å². The van der Waals surface area contributed by atoms with Gasteiger partial charge in [-0.1, -0.05) is 38.3 Å². The maximum absolute atomic E-state index is 12.2. The number of ether oxygens (including phenoxy) is 1. The number of nitrogens with one attached hydrogen (secondary N) is 1. The molecule has 0 aliphatic heterocycles. The number of hydrogen-bond donors (Lipinski definition) is 1. The van der Waals surface area contributed by atoms with Gasteiger partial charge in [0.25, 0.3) is 5.91 Å². The Hall–Kier alpha value is -1.22. The SMILES string of the molecule is COc1ccc(Cl)cc1C(=O)N[C@@H](C)CCCC(C)C. The highest BCUT2D eigenvalue weighted by atomic mass is 35.5. The number of benzene rings is 1. The van der Waals surface area contributed by atoms with Crippen LogP contribution < -0.4 is 10.1 Å². The van der Waals surface area contributed by atoms with Crippen molar-refractivity contribution in [3.8, 4) is 5.75 Å². The summed E-state index contributed by atoms with van der Waals surface area (Å²) in [7, 11) is 1.55. The third-order valence-corrected chi connectivity index (χ3v) is 3.44. The van der Waals surface area contributed by atoms with Crippen LogP contribution in [0.1, 0.15) is 50.4 Å². The Morgan fingerprint density at radius 2 is 2.00 bits per heavy atom. The predicted molar refractivity (Wildman–Crippen MR) is 83.6 cm³/mol. The van der Waals surface area contributed by atoms with Crippen molar-refractivity contribution >= 4 is 17.5 Å². The molecular weight excluding hydrogens is 274 g/mol. The van der Waals surface area contributed by atoms with E-state index in [0.717, 1.165) is 12.8 Å². The van der Waals surface area contributed by atoms with Gasteiger partial charge in [0.1, 0.15) is 5.75 Å². The Morgan fingerprint density at radius 1 is 1.30 bits per heavy atom. The van der Waals surface area contributed by atoms with E-state index in [-0.39, 0.29) is 11.9 Å². The van der Waals surface area contributed by atoms with Crippen molar-refractivity contribution in [2.24, 2.45) is 5.92 Å². The van der Waals surface area contributed by atoms with Crippen LogP contribution in [-0.4, -0.2) is 19.1 Å². The van der Waals surface area contributed by atoms with Gasteiger partial charge in [-0.05, 0) is 37.5 Å². The average molecular weight is 298 g/mol. The molecule has 3 nitrogen and oxygen atoms in total. The fourth-order valence-corrected chi connectivity index (χ4v) is 2.24. The highest BCUT2D eigenvalue weighted by Gasteiger charge is 2.15. The Balaban J connectivity index is 2.59. The van der Waals surface area contributed by atoms with Gasteiger partial charge in [0.15, 0.2) is 0 Å². The van der Waals surface area contributed by atoms with E-state index >= 15 is 0 Å². The molecule has 1 aromatic rings. The van der Waals surface area contributed by atoms with Crippen LogP contribution in [0.2, 0.25) is 5.02 Å².